The number of fused-ring (bicyclic) bond motifs is 1. The second-order valence-electron chi connectivity index (χ2n) is 5.18. The van der Waals surface area contributed by atoms with Crippen molar-refractivity contribution in [3.8, 4) is 0 Å². The summed E-state index contributed by atoms with van der Waals surface area (Å²) in [5, 5.41) is 3.25. The number of para-hydroxylation sites is 2. The number of amides is 1. The van der Waals surface area contributed by atoms with Gasteiger partial charge in [-0.05, 0) is 31.5 Å². The first-order valence-corrected chi connectivity index (χ1v) is 6.92. The lowest BCUT2D eigenvalue weighted by Gasteiger charge is -2.38. The van der Waals surface area contributed by atoms with E-state index in [1.807, 2.05) is 54.3 Å². The van der Waals surface area contributed by atoms with E-state index in [0.29, 0.717) is 0 Å². The molecule has 1 heterocycles. The number of benzene rings is 2. The van der Waals surface area contributed by atoms with Gasteiger partial charge in [0.1, 0.15) is 6.04 Å². The lowest BCUT2D eigenvalue weighted by molar-refractivity contribution is -0.119. The largest absolute Gasteiger partial charge is 0.372 e. The van der Waals surface area contributed by atoms with Gasteiger partial charge >= 0.3 is 0 Å². The summed E-state index contributed by atoms with van der Waals surface area (Å²) in [5.74, 6) is 0.111. The van der Waals surface area contributed by atoms with Crippen molar-refractivity contribution in [2.75, 3.05) is 10.2 Å². The van der Waals surface area contributed by atoms with Crippen LogP contribution in [0, 0.1) is 0 Å². The van der Waals surface area contributed by atoms with Crippen LogP contribution in [-0.4, -0.2) is 11.9 Å². The third-order valence-electron chi connectivity index (χ3n) is 3.81. The maximum absolute atomic E-state index is 12.6. The van der Waals surface area contributed by atoms with Crippen molar-refractivity contribution in [1.29, 1.82) is 0 Å². The Balaban J connectivity index is 2.05. The number of rotatable bonds is 2. The first-order valence-electron chi connectivity index (χ1n) is 6.92. The third kappa shape index (κ3) is 2.05. The Morgan fingerprint density at radius 2 is 1.70 bits per heavy atom. The smallest absolute Gasteiger partial charge is 0.249 e. The first kappa shape index (κ1) is 12.7. The van der Waals surface area contributed by atoms with Crippen LogP contribution in [0.15, 0.2) is 54.6 Å². The number of anilines is 2. The molecule has 0 saturated carbocycles. The summed E-state index contributed by atoms with van der Waals surface area (Å²) >= 11 is 0. The monoisotopic (exact) mass is 266 g/mol. The van der Waals surface area contributed by atoms with Crippen molar-refractivity contribution in [2.24, 2.45) is 0 Å². The summed E-state index contributed by atoms with van der Waals surface area (Å²) in [6.45, 7) is 3.98. The number of nitrogens with one attached hydrogen (secondary N) is 1. The lowest BCUT2D eigenvalue weighted by atomic mass is 10.0. The highest BCUT2D eigenvalue weighted by molar-refractivity contribution is 6.05. The molecule has 0 aliphatic carbocycles. The van der Waals surface area contributed by atoms with Crippen LogP contribution < -0.4 is 10.2 Å². The van der Waals surface area contributed by atoms with Gasteiger partial charge in [-0.25, -0.2) is 0 Å². The summed E-state index contributed by atoms with van der Waals surface area (Å²) < 4.78 is 0. The molecule has 3 nitrogen and oxygen atoms in total. The van der Waals surface area contributed by atoms with E-state index >= 15 is 0 Å². The molecular weight excluding hydrogens is 248 g/mol. The van der Waals surface area contributed by atoms with Gasteiger partial charge in [0.15, 0.2) is 0 Å². The molecule has 3 heteroatoms. The van der Waals surface area contributed by atoms with Crippen LogP contribution in [0.2, 0.25) is 0 Å². The predicted molar refractivity (Wildman–Crippen MR) is 81.9 cm³/mol. The minimum Gasteiger partial charge on any atom is -0.372 e. The molecule has 2 aromatic rings. The quantitative estimate of drug-likeness (QED) is 0.900. The molecule has 0 radical (unpaired) electrons. The molecule has 2 unspecified atom stereocenters. The van der Waals surface area contributed by atoms with Gasteiger partial charge in [0.2, 0.25) is 5.91 Å². The Labute approximate surface area is 119 Å². The summed E-state index contributed by atoms with van der Waals surface area (Å²) in [5.41, 5.74) is 3.11. The SMILES string of the molecule is CC1Nc2ccccc2N(C(C)c2ccccc2)C1=O. The Kier molecular flexibility index (Phi) is 3.18. The first-order chi connectivity index (χ1) is 9.68. The second-order valence-corrected chi connectivity index (χ2v) is 5.18. The maximum Gasteiger partial charge on any atom is 0.249 e. The van der Waals surface area contributed by atoms with Crippen molar-refractivity contribution < 1.29 is 4.79 Å². The zero-order valence-electron chi connectivity index (χ0n) is 11.7. The third-order valence-corrected chi connectivity index (χ3v) is 3.81. The Hall–Kier alpha value is -2.29. The molecular formula is C17H18N2O. The minimum absolute atomic E-state index is 0.0226. The van der Waals surface area contributed by atoms with Crippen LogP contribution in [0.3, 0.4) is 0 Å². The maximum atomic E-state index is 12.6. The number of carbonyl (C=O) groups excluding carboxylic acids is 1. The van der Waals surface area contributed by atoms with Crippen LogP contribution in [0.25, 0.3) is 0 Å². The lowest BCUT2D eigenvalue weighted by Crippen LogP contribution is -2.46. The van der Waals surface area contributed by atoms with Gasteiger partial charge in [-0.3, -0.25) is 4.79 Å². The molecule has 1 aliphatic heterocycles. The molecule has 1 amide bonds. The van der Waals surface area contributed by atoms with E-state index in [9.17, 15) is 4.79 Å². The second kappa shape index (κ2) is 5.00. The molecule has 0 spiro atoms. The molecule has 2 atom stereocenters. The Morgan fingerprint density at radius 1 is 1.05 bits per heavy atom. The number of hydrogen-bond donors (Lipinski definition) is 1. The normalized spacial score (nSPS) is 19.2. The van der Waals surface area contributed by atoms with Gasteiger partial charge < -0.3 is 10.2 Å². The van der Waals surface area contributed by atoms with Crippen molar-refractivity contribution in [3.05, 3.63) is 60.2 Å². The van der Waals surface area contributed by atoms with Crippen LogP contribution >= 0.6 is 0 Å². The fourth-order valence-electron chi connectivity index (χ4n) is 2.71. The van der Waals surface area contributed by atoms with E-state index < -0.39 is 0 Å². The molecule has 1 N–H and O–H groups in total. The molecule has 0 saturated heterocycles. The van der Waals surface area contributed by atoms with Gasteiger partial charge in [0.25, 0.3) is 0 Å². The molecule has 102 valence electrons. The summed E-state index contributed by atoms with van der Waals surface area (Å²) in [7, 11) is 0. The Morgan fingerprint density at radius 3 is 2.45 bits per heavy atom. The van der Waals surface area contributed by atoms with Crippen LogP contribution in [0.1, 0.15) is 25.5 Å². The minimum atomic E-state index is -0.198. The number of carbonyl (C=O) groups is 1. The molecule has 1 aliphatic rings. The molecule has 0 fully saturated rings. The highest BCUT2D eigenvalue weighted by Gasteiger charge is 2.32. The van der Waals surface area contributed by atoms with Gasteiger partial charge in [0.05, 0.1) is 17.4 Å². The number of nitrogens with zero attached hydrogens (tertiary/aromatic N) is 1. The van der Waals surface area contributed by atoms with Crippen LogP contribution in [0.5, 0.6) is 0 Å². The van der Waals surface area contributed by atoms with E-state index in [1.54, 1.807) is 0 Å². The van der Waals surface area contributed by atoms with Gasteiger partial charge in [-0.2, -0.15) is 0 Å². The molecule has 0 bridgehead atoms. The zero-order chi connectivity index (χ0) is 14.1. The van der Waals surface area contributed by atoms with Crippen molar-refractivity contribution in [2.45, 2.75) is 25.9 Å². The van der Waals surface area contributed by atoms with E-state index in [0.717, 1.165) is 16.9 Å². The molecule has 2 aromatic carbocycles. The zero-order valence-corrected chi connectivity index (χ0v) is 11.7. The highest BCUT2D eigenvalue weighted by Crippen LogP contribution is 2.36. The van der Waals surface area contributed by atoms with E-state index in [4.69, 9.17) is 0 Å². The molecule has 3 rings (SSSR count). The van der Waals surface area contributed by atoms with Gasteiger partial charge in [0, 0.05) is 0 Å². The van der Waals surface area contributed by atoms with E-state index in [2.05, 4.69) is 24.4 Å². The predicted octanol–water partition coefficient (Wildman–Crippen LogP) is 3.59. The fourth-order valence-corrected chi connectivity index (χ4v) is 2.71. The van der Waals surface area contributed by atoms with Crippen LogP contribution in [-0.2, 0) is 4.79 Å². The van der Waals surface area contributed by atoms with Crippen molar-refractivity contribution in [3.63, 3.8) is 0 Å². The molecule has 0 aromatic heterocycles. The topological polar surface area (TPSA) is 32.3 Å². The average molecular weight is 266 g/mol. The van der Waals surface area contributed by atoms with E-state index in [-0.39, 0.29) is 18.0 Å². The standard InChI is InChI=1S/C17H18N2O/c1-12-17(20)19(13(2)14-8-4-3-5-9-14)16-11-7-6-10-15(16)18-12/h3-13,18H,1-2H3. The fraction of sp³-hybridized carbons (Fsp3) is 0.235. The highest BCUT2D eigenvalue weighted by atomic mass is 16.2. The van der Waals surface area contributed by atoms with Crippen molar-refractivity contribution in [1.82, 2.24) is 0 Å². The summed E-state index contributed by atoms with van der Waals surface area (Å²) in [6, 6.07) is 17.9. The van der Waals surface area contributed by atoms with E-state index in [1.165, 1.54) is 0 Å². The Bertz CT molecular complexity index is 624. The van der Waals surface area contributed by atoms with Crippen molar-refractivity contribution >= 4 is 17.3 Å². The van der Waals surface area contributed by atoms with Crippen LogP contribution in [0.4, 0.5) is 11.4 Å². The number of hydrogen-bond acceptors (Lipinski definition) is 2. The molecule has 20 heavy (non-hydrogen) atoms. The summed E-state index contributed by atoms with van der Waals surface area (Å²) in [6.07, 6.45) is 0. The summed E-state index contributed by atoms with van der Waals surface area (Å²) in [4.78, 5) is 14.5. The van der Waals surface area contributed by atoms with Gasteiger partial charge in [-0.15, -0.1) is 0 Å². The average Bonchev–Trinajstić information content (AvgIpc) is 2.49. The van der Waals surface area contributed by atoms with Gasteiger partial charge in [-0.1, -0.05) is 42.5 Å².